The molecule has 0 atom stereocenters. The molecule has 52 valence electrons. The number of hydrogen-bond donors (Lipinski definition) is 0. The van der Waals surface area contributed by atoms with E-state index in [1.165, 1.54) is 45.2 Å². The predicted octanol–water partition coefficient (Wildman–Crippen LogP) is 0.524. The average Bonchev–Trinajstić information content (AvgIpc) is 2.34. The van der Waals surface area contributed by atoms with Crippen LogP contribution < -0.4 is 0 Å². The molecule has 9 heavy (non-hydrogen) atoms. The van der Waals surface area contributed by atoms with Gasteiger partial charge >= 0.3 is 0 Å². The highest BCUT2D eigenvalue weighted by molar-refractivity contribution is 6.08. The number of rotatable bonds is 3. The van der Waals surface area contributed by atoms with Crippen LogP contribution in [0.15, 0.2) is 0 Å². The van der Waals surface area contributed by atoms with Crippen molar-refractivity contribution in [2.75, 3.05) is 19.6 Å². The van der Waals surface area contributed by atoms with E-state index in [9.17, 15) is 0 Å². The summed E-state index contributed by atoms with van der Waals surface area (Å²) in [6, 6.07) is 0. The fourth-order valence-corrected chi connectivity index (χ4v) is 1.39. The van der Waals surface area contributed by atoms with Crippen molar-refractivity contribution in [3.05, 3.63) is 0 Å². The highest BCUT2D eigenvalue weighted by atomic mass is 15.1. The molecule has 1 fully saturated rings. The minimum Gasteiger partial charge on any atom is -0.303 e. The third-order valence-corrected chi connectivity index (χ3v) is 2.03. The molecule has 0 aromatic carbocycles. The normalized spacial score (nSPS) is 20.9. The largest absolute Gasteiger partial charge is 0.303 e. The van der Waals surface area contributed by atoms with Crippen LogP contribution in [-0.4, -0.2) is 32.4 Å². The van der Waals surface area contributed by atoms with Crippen molar-refractivity contribution < 1.29 is 0 Å². The van der Waals surface area contributed by atoms with E-state index >= 15 is 0 Å². The van der Waals surface area contributed by atoms with E-state index in [1.807, 2.05) is 0 Å². The third-order valence-electron chi connectivity index (χ3n) is 2.03. The zero-order valence-electron chi connectivity index (χ0n) is 6.40. The van der Waals surface area contributed by atoms with Crippen LogP contribution in [0.5, 0.6) is 0 Å². The van der Waals surface area contributed by atoms with Gasteiger partial charge in [-0.15, -0.1) is 0 Å². The monoisotopic (exact) mass is 125 g/mol. The van der Waals surface area contributed by atoms with Crippen molar-refractivity contribution in [1.29, 1.82) is 0 Å². The summed E-state index contributed by atoms with van der Waals surface area (Å²) in [6.07, 6.45) is 5.60. The Kier molecular flexibility index (Phi) is 3.12. The fraction of sp³-hybridized carbons (Fsp3) is 1.00. The van der Waals surface area contributed by atoms with Gasteiger partial charge in [-0.2, -0.15) is 0 Å². The van der Waals surface area contributed by atoms with Crippen LogP contribution in [-0.2, 0) is 0 Å². The molecule has 1 nitrogen and oxygen atoms in total. The average molecular weight is 125 g/mol. The summed E-state index contributed by atoms with van der Waals surface area (Å²) >= 11 is 0. The van der Waals surface area contributed by atoms with Crippen LogP contribution >= 0.6 is 0 Å². The van der Waals surface area contributed by atoms with E-state index in [-0.39, 0.29) is 0 Å². The van der Waals surface area contributed by atoms with E-state index in [0.717, 1.165) is 0 Å². The first-order chi connectivity index (χ1) is 4.43. The summed E-state index contributed by atoms with van der Waals surface area (Å²) in [5.74, 6) is 0. The fourth-order valence-electron chi connectivity index (χ4n) is 1.39. The van der Waals surface area contributed by atoms with E-state index in [1.54, 1.807) is 0 Å². The maximum atomic E-state index is 2.57. The molecule has 2 heteroatoms. The summed E-state index contributed by atoms with van der Waals surface area (Å²) in [7, 11) is 2.26. The molecule has 0 unspecified atom stereocenters. The van der Waals surface area contributed by atoms with Crippen LogP contribution in [0.4, 0.5) is 0 Å². The molecule has 1 aliphatic rings. The van der Waals surface area contributed by atoms with Gasteiger partial charge in [-0.3, -0.25) is 0 Å². The van der Waals surface area contributed by atoms with Crippen LogP contribution in [0.2, 0.25) is 6.32 Å². The zero-order chi connectivity index (χ0) is 6.53. The second-order valence-electron chi connectivity index (χ2n) is 2.90. The van der Waals surface area contributed by atoms with Gasteiger partial charge in [0.25, 0.3) is 0 Å². The maximum absolute atomic E-state index is 2.57. The molecule has 0 aromatic rings. The first kappa shape index (κ1) is 7.14. The maximum Gasteiger partial charge on any atom is 0.101 e. The first-order valence-electron chi connectivity index (χ1n) is 4.16. The van der Waals surface area contributed by atoms with Crippen molar-refractivity contribution in [3.63, 3.8) is 0 Å². The summed E-state index contributed by atoms with van der Waals surface area (Å²) in [5.41, 5.74) is 0. The first-order valence-corrected chi connectivity index (χ1v) is 4.16. The summed E-state index contributed by atoms with van der Waals surface area (Å²) in [4.78, 5) is 2.57. The Bertz CT molecular complexity index is 69.3. The molecule has 1 rings (SSSR count). The lowest BCUT2D eigenvalue weighted by Gasteiger charge is -2.12. The Morgan fingerprint density at radius 2 is 1.89 bits per heavy atom. The molecule has 0 bridgehead atoms. The zero-order valence-corrected chi connectivity index (χ0v) is 6.40. The van der Waals surface area contributed by atoms with Gasteiger partial charge in [0.05, 0.1) is 0 Å². The minimum absolute atomic E-state index is 1.34. The lowest BCUT2D eigenvalue weighted by atomic mass is 10.0. The Hall–Kier alpha value is 0.0249. The van der Waals surface area contributed by atoms with Crippen LogP contribution in [0.25, 0.3) is 0 Å². The predicted molar refractivity (Wildman–Crippen MR) is 43.6 cm³/mol. The number of hydrogen-bond acceptors (Lipinski definition) is 1. The Morgan fingerprint density at radius 1 is 1.22 bits per heavy atom. The molecule has 0 spiro atoms. The molecule has 0 saturated carbocycles. The molecular formula is C7H16BN. The molecule has 0 radical (unpaired) electrons. The lowest BCUT2D eigenvalue weighted by molar-refractivity contribution is 0.340. The molecule has 1 aliphatic heterocycles. The van der Waals surface area contributed by atoms with Gasteiger partial charge in [-0.25, -0.2) is 0 Å². The molecular weight excluding hydrogens is 109 g/mol. The highest BCUT2D eigenvalue weighted by Crippen LogP contribution is 2.07. The Morgan fingerprint density at radius 3 is 2.44 bits per heavy atom. The van der Waals surface area contributed by atoms with Crippen LogP contribution in [0.1, 0.15) is 19.3 Å². The van der Waals surface area contributed by atoms with Gasteiger partial charge in [0.2, 0.25) is 0 Å². The molecule has 0 aromatic heterocycles. The van der Waals surface area contributed by atoms with E-state index in [0.29, 0.717) is 0 Å². The van der Waals surface area contributed by atoms with Crippen molar-refractivity contribution in [1.82, 2.24) is 4.90 Å². The summed E-state index contributed by atoms with van der Waals surface area (Å²) < 4.78 is 0. The minimum atomic E-state index is 1.34. The van der Waals surface area contributed by atoms with Gasteiger partial charge in [0.1, 0.15) is 7.85 Å². The van der Waals surface area contributed by atoms with E-state index in [4.69, 9.17) is 0 Å². The topological polar surface area (TPSA) is 3.24 Å². The smallest absolute Gasteiger partial charge is 0.101 e. The van der Waals surface area contributed by atoms with E-state index in [2.05, 4.69) is 12.7 Å². The Labute approximate surface area is 58.8 Å². The quantitative estimate of drug-likeness (QED) is 0.497. The molecule has 0 N–H and O–H groups in total. The van der Waals surface area contributed by atoms with Crippen molar-refractivity contribution >= 4 is 7.85 Å². The SMILES string of the molecule is BCCCN1CCCC1. The second kappa shape index (κ2) is 3.94. The molecule has 1 heterocycles. The van der Waals surface area contributed by atoms with Gasteiger partial charge in [0, 0.05) is 0 Å². The highest BCUT2D eigenvalue weighted by Gasteiger charge is 2.08. The summed E-state index contributed by atoms with van der Waals surface area (Å²) in [5, 5.41) is 0. The second-order valence-corrected chi connectivity index (χ2v) is 2.90. The van der Waals surface area contributed by atoms with Gasteiger partial charge in [-0.1, -0.05) is 6.32 Å². The number of nitrogens with zero attached hydrogens (tertiary/aromatic N) is 1. The van der Waals surface area contributed by atoms with Crippen molar-refractivity contribution in [3.8, 4) is 0 Å². The third kappa shape index (κ3) is 2.40. The van der Waals surface area contributed by atoms with Crippen molar-refractivity contribution in [2.24, 2.45) is 0 Å². The molecule has 0 amide bonds. The van der Waals surface area contributed by atoms with Gasteiger partial charge < -0.3 is 4.90 Å². The summed E-state index contributed by atoms with van der Waals surface area (Å²) in [6.45, 7) is 4.07. The van der Waals surface area contributed by atoms with Crippen molar-refractivity contribution in [2.45, 2.75) is 25.6 Å². The van der Waals surface area contributed by atoms with E-state index < -0.39 is 0 Å². The molecule has 0 aliphatic carbocycles. The van der Waals surface area contributed by atoms with Crippen LogP contribution in [0, 0.1) is 0 Å². The molecule has 1 saturated heterocycles. The standard InChI is InChI=1S/C7H16BN/c8-4-3-7-9-5-1-2-6-9/h1-8H2. The van der Waals surface area contributed by atoms with Gasteiger partial charge in [-0.05, 0) is 38.9 Å². The Balaban J connectivity index is 1.98. The van der Waals surface area contributed by atoms with Gasteiger partial charge in [0.15, 0.2) is 0 Å². The lowest BCUT2D eigenvalue weighted by Crippen LogP contribution is -2.19. The number of likely N-dealkylation sites (tertiary alicyclic amines) is 1. The van der Waals surface area contributed by atoms with Crippen LogP contribution in [0.3, 0.4) is 0 Å².